The van der Waals surface area contributed by atoms with E-state index in [2.05, 4.69) is 5.32 Å². The Bertz CT molecular complexity index is 527. The number of amides is 1. The normalized spacial score (nSPS) is 19.5. The zero-order valence-corrected chi connectivity index (χ0v) is 12.4. The number of fused-ring (bicyclic) bond motifs is 1. The lowest BCUT2D eigenvalue weighted by Crippen LogP contribution is -2.36. The summed E-state index contributed by atoms with van der Waals surface area (Å²) in [5, 5.41) is 13.0. The molecule has 1 aromatic rings. The number of nitrogens with one attached hydrogen (secondary N) is 1. The zero-order valence-electron chi connectivity index (χ0n) is 12.4. The highest BCUT2D eigenvalue weighted by atomic mass is 16.6. The molecular weight excluding hydrogens is 286 g/mol. The second kappa shape index (κ2) is 6.98. The molecule has 1 amide bonds. The van der Waals surface area contributed by atoms with Crippen LogP contribution in [-0.4, -0.2) is 44.0 Å². The largest absolute Gasteiger partial charge is 0.486 e. The number of carbonyl (C=O) groups excluding carboxylic acids is 1. The monoisotopic (exact) mass is 307 g/mol. The van der Waals surface area contributed by atoms with Crippen LogP contribution in [0.2, 0.25) is 0 Å². The molecule has 6 nitrogen and oxygen atoms in total. The molecule has 2 aliphatic rings. The van der Waals surface area contributed by atoms with Crippen molar-refractivity contribution in [1.82, 2.24) is 5.32 Å². The number of hydrogen-bond donors (Lipinski definition) is 2. The first kappa shape index (κ1) is 15.1. The third kappa shape index (κ3) is 3.51. The summed E-state index contributed by atoms with van der Waals surface area (Å²) in [6.45, 7) is 2.49. The quantitative estimate of drug-likeness (QED) is 0.869. The van der Waals surface area contributed by atoms with Crippen molar-refractivity contribution < 1.29 is 24.1 Å². The van der Waals surface area contributed by atoms with E-state index in [1.54, 1.807) is 18.2 Å². The van der Waals surface area contributed by atoms with Gasteiger partial charge in [0.1, 0.15) is 13.2 Å². The minimum Gasteiger partial charge on any atom is -0.486 e. The summed E-state index contributed by atoms with van der Waals surface area (Å²) in [6, 6.07) is 5.34. The molecule has 6 heteroatoms. The molecule has 0 unspecified atom stereocenters. The number of rotatable bonds is 4. The van der Waals surface area contributed by atoms with Gasteiger partial charge in [0.2, 0.25) is 5.91 Å². The van der Waals surface area contributed by atoms with Gasteiger partial charge >= 0.3 is 0 Å². The number of ether oxygens (including phenoxy) is 3. The molecule has 3 rings (SSSR count). The zero-order chi connectivity index (χ0) is 15.4. The number of aliphatic hydroxyl groups is 1. The molecule has 0 spiro atoms. The lowest BCUT2D eigenvalue weighted by molar-refractivity contribution is -0.128. The highest BCUT2D eigenvalue weighted by Crippen LogP contribution is 2.32. The van der Waals surface area contributed by atoms with E-state index in [0.717, 1.165) is 12.8 Å². The Morgan fingerprint density at radius 2 is 1.91 bits per heavy atom. The van der Waals surface area contributed by atoms with Crippen LogP contribution in [0.3, 0.4) is 0 Å². The van der Waals surface area contributed by atoms with Crippen LogP contribution in [0.25, 0.3) is 0 Å². The second-order valence-electron chi connectivity index (χ2n) is 5.55. The molecule has 1 aromatic carbocycles. The molecule has 1 fully saturated rings. The highest BCUT2D eigenvalue weighted by Gasteiger charge is 2.22. The van der Waals surface area contributed by atoms with E-state index < -0.39 is 6.10 Å². The van der Waals surface area contributed by atoms with Gasteiger partial charge in [-0.25, -0.2) is 0 Å². The Morgan fingerprint density at radius 3 is 2.68 bits per heavy atom. The van der Waals surface area contributed by atoms with E-state index in [1.165, 1.54) is 0 Å². The minimum atomic E-state index is -0.764. The van der Waals surface area contributed by atoms with Crippen molar-refractivity contribution >= 4 is 5.91 Å². The van der Waals surface area contributed by atoms with Gasteiger partial charge in [-0.15, -0.1) is 0 Å². The molecule has 1 saturated heterocycles. The highest BCUT2D eigenvalue weighted by molar-refractivity contribution is 5.78. The molecule has 0 aliphatic carbocycles. The molecule has 120 valence electrons. The fraction of sp³-hybridized carbons (Fsp3) is 0.562. The molecule has 0 saturated carbocycles. The maximum absolute atomic E-state index is 12.0. The predicted octanol–water partition coefficient (Wildman–Crippen LogP) is 1.03. The molecule has 0 radical (unpaired) electrons. The van der Waals surface area contributed by atoms with Crippen molar-refractivity contribution in [3.8, 4) is 11.5 Å². The van der Waals surface area contributed by atoms with Crippen LogP contribution in [-0.2, 0) is 9.53 Å². The first-order valence-corrected chi connectivity index (χ1v) is 7.67. The third-order valence-electron chi connectivity index (χ3n) is 4.01. The van der Waals surface area contributed by atoms with Crippen molar-refractivity contribution in [2.24, 2.45) is 5.92 Å². The average molecular weight is 307 g/mol. The molecule has 2 N–H and O–H groups in total. The first-order valence-electron chi connectivity index (χ1n) is 7.67. The molecule has 0 aromatic heterocycles. The number of benzene rings is 1. The van der Waals surface area contributed by atoms with E-state index in [9.17, 15) is 9.90 Å². The Hall–Kier alpha value is -1.79. The van der Waals surface area contributed by atoms with E-state index >= 15 is 0 Å². The van der Waals surface area contributed by atoms with Crippen LogP contribution in [0.5, 0.6) is 11.5 Å². The summed E-state index contributed by atoms with van der Waals surface area (Å²) in [6.07, 6.45) is 0.720. The van der Waals surface area contributed by atoms with E-state index in [0.29, 0.717) is 43.5 Å². The molecule has 0 bridgehead atoms. The summed E-state index contributed by atoms with van der Waals surface area (Å²) in [5.74, 6) is 1.30. The van der Waals surface area contributed by atoms with Gasteiger partial charge in [0.15, 0.2) is 11.5 Å². The lowest BCUT2D eigenvalue weighted by Gasteiger charge is -2.23. The Balaban J connectivity index is 1.55. The topological polar surface area (TPSA) is 77.0 Å². The SMILES string of the molecule is O=C(NC[C@H](O)c1ccc2c(c1)OCCO2)C1CCOCC1. The van der Waals surface area contributed by atoms with Gasteiger partial charge in [0.25, 0.3) is 0 Å². The molecule has 2 aliphatic heterocycles. The standard InChI is InChI=1S/C16H21NO5/c18-13(10-17-16(19)11-3-5-20-6-4-11)12-1-2-14-15(9-12)22-8-7-21-14/h1-2,9,11,13,18H,3-8,10H2,(H,17,19)/t13-/m0/s1. The van der Waals surface area contributed by atoms with Crippen molar-refractivity contribution in [2.45, 2.75) is 18.9 Å². The van der Waals surface area contributed by atoms with Crippen LogP contribution in [0.15, 0.2) is 18.2 Å². The first-order chi connectivity index (χ1) is 10.7. The van der Waals surface area contributed by atoms with Crippen molar-refractivity contribution in [2.75, 3.05) is 33.0 Å². The van der Waals surface area contributed by atoms with Gasteiger partial charge < -0.3 is 24.6 Å². The van der Waals surface area contributed by atoms with Gasteiger partial charge in [0, 0.05) is 25.7 Å². The van der Waals surface area contributed by atoms with Crippen LogP contribution in [0, 0.1) is 5.92 Å². The third-order valence-corrected chi connectivity index (χ3v) is 4.01. The second-order valence-corrected chi connectivity index (χ2v) is 5.55. The molecule has 1 atom stereocenters. The smallest absolute Gasteiger partial charge is 0.223 e. The maximum Gasteiger partial charge on any atom is 0.223 e. The predicted molar refractivity (Wildman–Crippen MR) is 78.9 cm³/mol. The van der Waals surface area contributed by atoms with Crippen LogP contribution < -0.4 is 14.8 Å². The van der Waals surface area contributed by atoms with Crippen molar-refractivity contribution in [3.63, 3.8) is 0 Å². The van der Waals surface area contributed by atoms with Gasteiger partial charge in [0.05, 0.1) is 6.10 Å². The lowest BCUT2D eigenvalue weighted by atomic mass is 9.99. The number of hydrogen-bond acceptors (Lipinski definition) is 5. The summed E-state index contributed by atoms with van der Waals surface area (Å²) < 4.78 is 16.2. The van der Waals surface area contributed by atoms with Crippen molar-refractivity contribution in [1.29, 1.82) is 0 Å². The van der Waals surface area contributed by atoms with Gasteiger partial charge in [-0.1, -0.05) is 6.07 Å². The minimum absolute atomic E-state index is 0.0128. The van der Waals surface area contributed by atoms with E-state index in [1.807, 2.05) is 0 Å². The van der Waals surface area contributed by atoms with Gasteiger partial charge in [-0.2, -0.15) is 0 Å². The summed E-state index contributed by atoms with van der Waals surface area (Å²) in [5.41, 5.74) is 0.705. The molecule has 22 heavy (non-hydrogen) atoms. The van der Waals surface area contributed by atoms with Crippen LogP contribution in [0.4, 0.5) is 0 Å². The van der Waals surface area contributed by atoms with Crippen LogP contribution in [0.1, 0.15) is 24.5 Å². The Kier molecular flexibility index (Phi) is 4.80. The Morgan fingerprint density at radius 1 is 1.18 bits per heavy atom. The fourth-order valence-electron chi connectivity index (χ4n) is 2.69. The fourth-order valence-corrected chi connectivity index (χ4v) is 2.69. The van der Waals surface area contributed by atoms with Gasteiger partial charge in [-0.3, -0.25) is 4.79 Å². The Labute approximate surface area is 129 Å². The maximum atomic E-state index is 12.0. The van der Waals surface area contributed by atoms with E-state index in [4.69, 9.17) is 14.2 Å². The summed E-state index contributed by atoms with van der Waals surface area (Å²) in [4.78, 5) is 12.0. The average Bonchev–Trinajstić information content (AvgIpc) is 2.59. The van der Waals surface area contributed by atoms with E-state index in [-0.39, 0.29) is 18.4 Å². The van der Waals surface area contributed by atoms with Crippen LogP contribution >= 0.6 is 0 Å². The summed E-state index contributed by atoms with van der Waals surface area (Å²) in [7, 11) is 0. The molecular formula is C16H21NO5. The number of carbonyl (C=O) groups is 1. The summed E-state index contributed by atoms with van der Waals surface area (Å²) >= 11 is 0. The molecule has 2 heterocycles. The van der Waals surface area contributed by atoms with Gasteiger partial charge in [-0.05, 0) is 30.5 Å². The van der Waals surface area contributed by atoms with Crippen molar-refractivity contribution in [3.05, 3.63) is 23.8 Å². The number of aliphatic hydroxyl groups excluding tert-OH is 1.